The summed E-state index contributed by atoms with van der Waals surface area (Å²) in [5, 5.41) is 0.666. The molecule has 0 saturated heterocycles. The Balaban J connectivity index is 2.13. The van der Waals surface area contributed by atoms with Crippen molar-refractivity contribution in [1.82, 2.24) is 4.90 Å². The number of methoxy groups -OCH3 is 2. The third-order valence-electron chi connectivity index (χ3n) is 5.46. The zero-order valence-corrected chi connectivity index (χ0v) is 17.8. The number of nitrogens with zero attached hydrogens (tertiary/aromatic N) is 1. The number of hydrogen-bond acceptors (Lipinski definition) is 3. The number of halogens is 1. The fourth-order valence-electron chi connectivity index (χ4n) is 4.06. The zero-order chi connectivity index (χ0) is 20.3. The van der Waals surface area contributed by atoms with Crippen LogP contribution in [0.5, 0.6) is 11.5 Å². The molecule has 0 bridgehead atoms. The van der Waals surface area contributed by atoms with Crippen LogP contribution in [0.25, 0.3) is 0 Å². The summed E-state index contributed by atoms with van der Waals surface area (Å²) in [5.74, 6) is 1.56. The maximum absolute atomic E-state index is 13.3. The van der Waals surface area contributed by atoms with Crippen LogP contribution in [0.4, 0.5) is 0 Å². The Kier molecular flexibility index (Phi) is 6.50. The molecule has 5 heteroatoms. The molecule has 0 aliphatic carbocycles. The van der Waals surface area contributed by atoms with Crippen LogP contribution in [0.15, 0.2) is 36.4 Å². The second-order valence-electron chi connectivity index (χ2n) is 7.33. The summed E-state index contributed by atoms with van der Waals surface area (Å²) in [4.78, 5) is 15.3. The van der Waals surface area contributed by atoms with Crippen molar-refractivity contribution in [2.75, 3.05) is 20.8 Å². The van der Waals surface area contributed by atoms with Crippen molar-refractivity contribution in [2.24, 2.45) is 5.92 Å². The topological polar surface area (TPSA) is 38.8 Å². The highest BCUT2D eigenvalue weighted by Crippen LogP contribution is 2.42. The Morgan fingerprint density at radius 1 is 1.21 bits per heavy atom. The van der Waals surface area contributed by atoms with Crippen LogP contribution in [0.3, 0.4) is 0 Å². The van der Waals surface area contributed by atoms with Crippen LogP contribution in [0, 0.1) is 5.92 Å². The Hall–Kier alpha value is -2.20. The van der Waals surface area contributed by atoms with Gasteiger partial charge in [0, 0.05) is 17.5 Å². The van der Waals surface area contributed by atoms with Crippen LogP contribution in [0.1, 0.15) is 49.4 Å². The summed E-state index contributed by atoms with van der Waals surface area (Å²) < 4.78 is 11.0. The van der Waals surface area contributed by atoms with E-state index in [2.05, 4.69) is 6.92 Å². The number of benzene rings is 2. The van der Waals surface area contributed by atoms with E-state index in [1.54, 1.807) is 14.2 Å². The van der Waals surface area contributed by atoms with Gasteiger partial charge >= 0.3 is 0 Å². The van der Waals surface area contributed by atoms with Gasteiger partial charge in [-0.05, 0) is 53.8 Å². The molecule has 1 heterocycles. The van der Waals surface area contributed by atoms with Crippen molar-refractivity contribution in [2.45, 2.75) is 39.2 Å². The van der Waals surface area contributed by atoms with Crippen molar-refractivity contribution in [1.29, 1.82) is 0 Å². The number of carbonyl (C=O) groups is 1. The molecule has 28 heavy (non-hydrogen) atoms. The monoisotopic (exact) mass is 401 g/mol. The van der Waals surface area contributed by atoms with E-state index >= 15 is 0 Å². The number of carbonyl (C=O) groups excluding carboxylic acids is 1. The van der Waals surface area contributed by atoms with Crippen molar-refractivity contribution in [3.8, 4) is 11.5 Å². The van der Waals surface area contributed by atoms with E-state index in [0.29, 0.717) is 23.1 Å². The Labute approximate surface area is 172 Å². The predicted octanol–water partition coefficient (Wildman–Crippen LogP) is 5.27. The van der Waals surface area contributed by atoms with E-state index in [1.807, 2.05) is 48.2 Å². The average Bonchev–Trinajstić information content (AvgIpc) is 2.71. The lowest BCUT2D eigenvalue weighted by Crippen LogP contribution is -2.43. The third-order valence-corrected chi connectivity index (χ3v) is 5.70. The molecule has 1 aliphatic heterocycles. The molecule has 0 saturated carbocycles. The maximum Gasteiger partial charge on any atom is 0.226 e. The van der Waals surface area contributed by atoms with E-state index in [1.165, 1.54) is 5.56 Å². The Morgan fingerprint density at radius 2 is 1.93 bits per heavy atom. The van der Waals surface area contributed by atoms with Crippen LogP contribution < -0.4 is 9.47 Å². The smallest absolute Gasteiger partial charge is 0.226 e. The number of hydrogen-bond donors (Lipinski definition) is 0. The van der Waals surface area contributed by atoms with Crippen LogP contribution in [0.2, 0.25) is 5.02 Å². The molecular formula is C23H28ClNO3. The van der Waals surface area contributed by atoms with Gasteiger partial charge in [0.1, 0.15) is 0 Å². The molecular weight excluding hydrogens is 374 g/mol. The van der Waals surface area contributed by atoms with Gasteiger partial charge in [-0.3, -0.25) is 4.79 Å². The van der Waals surface area contributed by atoms with Crippen molar-refractivity contribution >= 4 is 17.5 Å². The zero-order valence-electron chi connectivity index (χ0n) is 17.0. The minimum absolute atomic E-state index is 0.00613. The lowest BCUT2D eigenvalue weighted by molar-refractivity contribution is -0.137. The van der Waals surface area contributed by atoms with Crippen LogP contribution >= 0.6 is 11.6 Å². The van der Waals surface area contributed by atoms with E-state index < -0.39 is 0 Å². The van der Waals surface area contributed by atoms with Gasteiger partial charge < -0.3 is 14.4 Å². The first-order chi connectivity index (χ1) is 13.5. The number of rotatable bonds is 6. The summed E-state index contributed by atoms with van der Waals surface area (Å²) >= 11 is 6.29. The first-order valence-electron chi connectivity index (χ1n) is 9.80. The van der Waals surface area contributed by atoms with Crippen molar-refractivity contribution < 1.29 is 14.3 Å². The molecule has 4 nitrogen and oxygen atoms in total. The predicted molar refractivity (Wildman–Crippen MR) is 112 cm³/mol. The molecule has 2 aromatic carbocycles. The van der Waals surface area contributed by atoms with Gasteiger partial charge in [-0.1, -0.05) is 44.0 Å². The fourth-order valence-corrected chi connectivity index (χ4v) is 4.26. The standard InChI is InChI=1S/C23H28ClNO3/c1-5-7-15(2)23(26)25-11-10-16-13-20(27-3)21(28-4)14-19(16)22(25)17-8-6-9-18(24)12-17/h6,8-9,12-15,22H,5,7,10-11H2,1-4H3/t15-,22+/m0/s1. The molecule has 0 radical (unpaired) electrons. The molecule has 1 aliphatic rings. The second-order valence-corrected chi connectivity index (χ2v) is 7.77. The van der Waals surface area contributed by atoms with Gasteiger partial charge in [0.05, 0.1) is 20.3 Å². The molecule has 0 fully saturated rings. The summed E-state index contributed by atoms with van der Waals surface area (Å²) in [6.07, 6.45) is 2.66. The van der Waals surface area contributed by atoms with E-state index in [4.69, 9.17) is 21.1 Å². The lowest BCUT2D eigenvalue weighted by atomic mass is 9.86. The first-order valence-corrected chi connectivity index (χ1v) is 10.2. The highest BCUT2D eigenvalue weighted by Gasteiger charge is 2.34. The Morgan fingerprint density at radius 3 is 2.57 bits per heavy atom. The summed E-state index contributed by atoms with van der Waals surface area (Å²) in [6, 6.07) is 11.6. The summed E-state index contributed by atoms with van der Waals surface area (Å²) in [7, 11) is 3.28. The van der Waals surface area contributed by atoms with Gasteiger partial charge in [-0.25, -0.2) is 0 Å². The summed E-state index contributed by atoms with van der Waals surface area (Å²) in [5.41, 5.74) is 3.26. The maximum atomic E-state index is 13.3. The molecule has 2 atom stereocenters. The van der Waals surface area contributed by atoms with Gasteiger partial charge in [0.25, 0.3) is 0 Å². The SMILES string of the molecule is CCC[C@H](C)C(=O)N1CCc2cc(OC)c(OC)cc2[C@H]1c1cccc(Cl)c1. The molecule has 0 spiro atoms. The molecule has 1 amide bonds. The van der Waals surface area contributed by atoms with E-state index in [0.717, 1.165) is 30.4 Å². The average molecular weight is 402 g/mol. The molecule has 150 valence electrons. The second kappa shape index (κ2) is 8.87. The minimum Gasteiger partial charge on any atom is -0.493 e. The molecule has 0 unspecified atom stereocenters. The Bertz CT molecular complexity index is 852. The number of ether oxygens (including phenoxy) is 2. The van der Waals surface area contributed by atoms with Crippen LogP contribution in [-0.4, -0.2) is 31.6 Å². The van der Waals surface area contributed by atoms with Crippen molar-refractivity contribution in [3.63, 3.8) is 0 Å². The van der Waals surface area contributed by atoms with Crippen molar-refractivity contribution in [3.05, 3.63) is 58.1 Å². The quantitative estimate of drug-likeness (QED) is 0.662. The van der Waals surface area contributed by atoms with E-state index in [-0.39, 0.29) is 17.9 Å². The lowest BCUT2D eigenvalue weighted by Gasteiger charge is -2.39. The number of amides is 1. The third kappa shape index (κ3) is 3.97. The highest BCUT2D eigenvalue weighted by atomic mass is 35.5. The van der Waals surface area contributed by atoms with Crippen LogP contribution in [-0.2, 0) is 11.2 Å². The number of fused-ring (bicyclic) bond motifs is 1. The molecule has 0 N–H and O–H groups in total. The fraction of sp³-hybridized carbons (Fsp3) is 0.435. The summed E-state index contributed by atoms with van der Waals surface area (Å²) in [6.45, 7) is 4.80. The van der Waals surface area contributed by atoms with Gasteiger partial charge in [0.15, 0.2) is 11.5 Å². The van der Waals surface area contributed by atoms with Gasteiger partial charge in [-0.2, -0.15) is 0 Å². The minimum atomic E-state index is -0.186. The molecule has 3 rings (SSSR count). The normalized spacial score (nSPS) is 17.0. The van der Waals surface area contributed by atoms with Gasteiger partial charge in [0.2, 0.25) is 5.91 Å². The highest BCUT2D eigenvalue weighted by molar-refractivity contribution is 6.30. The van der Waals surface area contributed by atoms with E-state index in [9.17, 15) is 4.79 Å². The molecule has 2 aromatic rings. The van der Waals surface area contributed by atoms with Gasteiger partial charge in [-0.15, -0.1) is 0 Å². The first kappa shape index (κ1) is 20.5. The molecule has 0 aromatic heterocycles. The largest absolute Gasteiger partial charge is 0.493 e.